The van der Waals surface area contributed by atoms with E-state index in [4.69, 9.17) is 0 Å². The quantitative estimate of drug-likeness (QED) is 0.617. The summed E-state index contributed by atoms with van der Waals surface area (Å²) < 4.78 is 0. The van der Waals surface area contributed by atoms with E-state index < -0.39 is 8.07 Å². The van der Waals surface area contributed by atoms with Crippen LogP contribution in [-0.2, 0) is 6.42 Å². The summed E-state index contributed by atoms with van der Waals surface area (Å²) in [4.78, 5) is 2.43. The minimum atomic E-state index is -1.95. The summed E-state index contributed by atoms with van der Waals surface area (Å²) in [6.07, 6.45) is 1.07. The van der Waals surface area contributed by atoms with Gasteiger partial charge in [0.05, 0.1) is 0 Å². The Kier molecular flexibility index (Phi) is 5.52. The SMILES string of the molecule is CN(C)C(Cc1ccccc1)[Si](C)(c1ccccc1)c1ccccc1. The summed E-state index contributed by atoms with van der Waals surface area (Å²) in [5, 5.41) is 2.99. The Hall–Kier alpha value is -2.16. The molecule has 1 unspecified atom stereocenters. The van der Waals surface area contributed by atoms with Crippen LogP contribution in [-0.4, -0.2) is 32.7 Å². The first-order chi connectivity index (χ1) is 12.1. The topological polar surface area (TPSA) is 3.24 Å². The van der Waals surface area contributed by atoms with E-state index in [-0.39, 0.29) is 0 Å². The zero-order chi connectivity index (χ0) is 17.7. The molecule has 0 saturated heterocycles. The van der Waals surface area contributed by atoms with Crippen molar-refractivity contribution < 1.29 is 0 Å². The van der Waals surface area contributed by atoms with E-state index >= 15 is 0 Å². The van der Waals surface area contributed by atoms with Gasteiger partial charge >= 0.3 is 0 Å². The van der Waals surface area contributed by atoms with Crippen molar-refractivity contribution in [2.24, 2.45) is 0 Å². The number of likely N-dealkylation sites (N-methyl/N-ethyl adjacent to an activating group) is 1. The fourth-order valence-electron chi connectivity index (χ4n) is 3.86. The van der Waals surface area contributed by atoms with Crippen molar-refractivity contribution in [3.63, 3.8) is 0 Å². The molecule has 0 spiro atoms. The van der Waals surface area contributed by atoms with Crippen molar-refractivity contribution in [2.75, 3.05) is 14.1 Å². The molecule has 0 N–H and O–H groups in total. The first-order valence-electron chi connectivity index (χ1n) is 8.94. The molecular formula is C23H27NSi. The average Bonchev–Trinajstić information content (AvgIpc) is 2.67. The summed E-state index contributed by atoms with van der Waals surface area (Å²) in [7, 11) is 2.50. The fourth-order valence-corrected chi connectivity index (χ4v) is 8.41. The molecule has 128 valence electrons. The van der Waals surface area contributed by atoms with Crippen molar-refractivity contribution in [1.82, 2.24) is 4.90 Å². The average molecular weight is 346 g/mol. The second kappa shape index (κ2) is 7.81. The van der Waals surface area contributed by atoms with E-state index in [1.165, 1.54) is 15.9 Å². The van der Waals surface area contributed by atoms with Gasteiger partial charge in [-0.1, -0.05) is 108 Å². The molecule has 0 aromatic heterocycles. The summed E-state index contributed by atoms with van der Waals surface area (Å²) in [5.41, 5.74) is 1.89. The minimum Gasteiger partial charge on any atom is -0.308 e. The molecule has 1 nitrogen and oxygen atoms in total. The molecular weight excluding hydrogens is 318 g/mol. The molecule has 0 heterocycles. The predicted octanol–water partition coefficient (Wildman–Crippen LogP) is 3.59. The number of benzene rings is 3. The van der Waals surface area contributed by atoms with Crippen molar-refractivity contribution in [2.45, 2.75) is 18.6 Å². The maximum atomic E-state index is 2.52. The Bertz CT molecular complexity index is 729. The lowest BCUT2D eigenvalue weighted by Gasteiger charge is -2.41. The van der Waals surface area contributed by atoms with E-state index in [0.29, 0.717) is 5.67 Å². The molecule has 0 aliphatic carbocycles. The zero-order valence-corrected chi connectivity index (χ0v) is 16.4. The lowest BCUT2D eigenvalue weighted by molar-refractivity contribution is 0.364. The van der Waals surface area contributed by atoms with Crippen molar-refractivity contribution in [3.8, 4) is 0 Å². The maximum Gasteiger partial charge on any atom is 0.132 e. The molecule has 0 fully saturated rings. The predicted molar refractivity (Wildman–Crippen MR) is 111 cm³/mol. The smallest absolute Gasteiger partial charge is 0.132 e. The highest BCUT2D eigenvalue weighted by Crippen LogP contribution is 2.19. The van der Waals surface area contributed by atoms with Gasteiger partial charge in [-0.15, -0.1) is 0 Å². The molecule has 1 atom stereocenters. The van der Waals surface area contributed by atoms with Crippen LogP contribution in [0.25, 0.3) is 0 Å². The van der Waals surface area contributed by atoms with Gasteiger partial charge in [0.1, 0.15) is 8.07 Å². The lowest BCUT2D eigenvalue weighted by atomic mass is 10.1. The van der Waals surface area contributed by atoms with Gasteiger partial charge in [0.15, 0.2) is 0 Å². The van der Waals surface area contributed by atoms with Crippen LogP contribution in [0.3, 0.4) is 0 Å². The van der Waals surface area contributed by atoms with Gasteiger partial charge in [-0.25, -0.2) is 0 Å². The molecule has 0 bridgehead atoms. The normalized spacial score (nSPS) is 13.0. The molecule has 0 aliphatic rings. The molecule has 3 aromatic carbocycles. The van der Waals surface area contributed by atoms with E-state index in [9.17, 15) is 0 Å². The highest BCUT2D eigenvalue weighted by Gasteiger charge is 2.41. The Balaban J connectivity index is 2.11. The Morgan fingerprint density at radius 3 is 1.48 bits per heavy atom. The van der Waals surface area contributed by atoms with Crippen molar-refractivity contribution >= 4 is 18.4 Å². The van der Waals surface area contributed by atoms with Crippen LogP contribution in [0.2, 0.25) is 6.55 Å². The van der Waals surface area contributed by atoms with Crippen LogP contribution in [0, 0.1) is 0 Å². The molecule has 0 aliphatic heterocycles. The van der Waals surface area contributed by atoms with E-state index in [1.807, 2.05) is 0 Å². The molecule has 2 heteroatoms. The van der Waals surface area contributed by atoms with Crippen molar-refractivity contribution in [3.05, 3.63) is 96.6 Å². The van der Waals surface area contributed by atoms with Gasteiger partial charge < -0.3 is 4.90 Å². The van der Waals surface area contributed by atoms with Gasteiger partial charge in [-0.2, -0.15) is 0 Å². The second-order valence-electron chi connectivity index (χ2n) is 7.10. The number of hydrogen-bond donors (Lipinski definition) is 0. The monoisotopic (exact) mass is 345 g/mol. The first kappa shape index (κ1) is 17.7. The number of hydrogen-bond acceptors (Lipinski definition) is 1. The summed E-state index contributed by atoms with van der Waals surface area (Å²) in [6, 6.07) is 33.1. The Morgan fingerprint density at radius 1 is 0.680 bits per heavy atom. The molecule has 0 amide bonds. The standard InChI is InChI=1S/C23H27NSi/c1-24(2)23(19-20-13-7-4-8-14-20)25(3,21-15-9-5-10-16-21)22-17-11-6-12-18-22/h4-18,23H,19H2,1-3H3. The van der Waals surface area contributed by atoms with Gasteiger partial charge in [0, 0.05) is 5.67 Å². The van der Waals surface area contributed by atoms with Gasteiger partial charge in [-0.3, -0.25) is 0 Å². The van der Waals surface area contributed by atoms with E-state index in [0.717, 1.165) is 6.42 Å². The third-order valence-electron chi connectivity index (χ3n) is 5.31. The van der Waals surface area contributed by atoms with E-state index in [1.54, 1.807) is 0 Å². The van der Waals surface area contributed by atoms with Crippen LogP contribution < -0.4 is 10.4 Å². The van der Waals surface area contributed by atoms with Crippen LogP contribution >= 0.6 is 0 Å². The molecule has 3 aromatic rings. The lowest BCUT2D eigenvalue weighted by Crippen LogP contribution is -2.68. The van der Waals surface area contributed by atoms with Crippen molar-refractivity contribution in [1.29, 1.82) is 0 Å². The molecule has 0 saturated carbocycles. The van der Waals surface area contributed by atoms with E-state index in [2.05, 4.69) is 117 Å². The molecule has 25 heavy (non-hydrogen) atoms. The third kappa shape index (κ3) is 3.76. The molecule has 0 radical (unpaired) electrons. The fraction of sp³-hybridized carbons (Fsp3) is 0.217. The minimum absolute atomic E-state index is 0.486. The number of nitrogens with zero attached hydrogens (tertiary/aromatic N) is 1. The second-order valence-corrected chi connectivity index (χ2v) is 11.3. The van der Waals surface area contributed by atoms with Crippen LogP contribution in [0.15, 0.2) is 91.0 Å². The summed E-state index contributed by atoms with van der Waals surface area (Å²) >= 11 is 0. The summed E-state index contributed by atoms with van der Waals surface area (Å²) in [6.45, 7) is 2.52. The van der Waals surface area contributed by atoms with Gasteiger partial charge in [0.25, 0.3) is 0 Å². The largest absolute Gasteiger partial charge is 0.308 e. The van der Waals surface area contributed by atoms with Gasteiger partial charge in [-0.05, 0) is 26.1 Å². The zero-order valence-electron chi connectivity index (χ0n) is 15.4. The van der Waals surface area contributed by atoms with Crippen LogP contribution in [0.4, 0.5) is 0 Å². The Morgan fingerprint density at radius 2 is 1.08 bits per heavy atom. The van der Waals surface area contributed by atoms with Crippen LogP contribution in [0.1, 0.15) is 5.56 Å². The van der Waals surface area contributed by atoms with Gasteiger partial charge in [0.2, 0.25) is 0 Å². The number of rotatable bonds is 6. The maximum absolute atomic E-state index is 2.52. The highest BCUT2D eigenvalue weighted by molar-refractivity contribution is 7.02. The first-order valence-corrected chi connectivity index (χ1v) is 11.5. The third-order valence-corrected chi connectivity index (χ3v) is 10.4. The summed E-state index contributed by atoms with van der Waals surface area (Å²) in [5.74, 6) is 0. The molecule has 3 rings (SSSR count). The Labute approximate surface area is 153 Å². The van der Waals surface area contributed by atoms with Crippen LogP contribution in [0.5, 0.6) is 0 Å². The highest BCUT2D eigenvalue weighted by atomic mass is 28.3.